The van der Waals surface area contributed by atoms with Crippen LogP contribution in [-0.4, -0.2) is 35.7 Å². The Morgan fingerprint density at radius 1 is 1.15 bits per heavy atom. The summed E-state index contributed by atoms with van der Waals surface area (Å²) in [6, 6.07) is 0. The lowest BCUT2D eigenvalue weighted by molar-refractivity contribution is -0.150. The van der Waals surface area contributed by atoms with E-state index in [2.05, 4.69) is 5.32 Å². The van der Waals surface area contributed by atoms with Crippen LogP contribution >= 0.6 is 0 Å². The van der Waals surface area contributed by atoms with E-state index >= 15 is 0 Å². The van der Waals surface area contributed by atoms with Crippen molar-refractivity contribution in [3.8, 4) is 0 Å². The Kier molecular flexibility index (Phi) is 5.99. The minimum Gasteiger partial charge on any atom is -0.481 e. The van der Waals surface area contributed by atoms with Gasteiger partial charge in [0.05, 0.1) is 11.0 Å². The van der Waals surface area contributed by atoms with Gasteiger partial charge in [-0.05, 0) is 33.6 Å². The summed E-state index contributed by atoms with van der Waals surface area (Å²) < 4.78 is 5.39. The van der Waals surface area contributed by atoms with Gasteiger partial charge in [-0.2, -0.15) is 0 Å². The second-order valence-corrected chi connectivity index (χ2v) is 6.68. The van der Waals surface area contributed by atoms with Crippen molar-refractivity contribution in [2.45, 2.75) is 64.9 Å². The number of hydrogen-bond acceptors (Lipinski definition) is 3. The second-order valence-electron chi connectivity index (χ2n) is 6.68. The number of carboxylic acid groups (broad SMARTS) is 1. The molecule has 1 rings (SSSR count). The molecule has 1 fully saturated rings. The van der Waals surface area contributed by atoms with Crippen molar-refractivity contribution in [2.75, 3.05) is 13.2 Å². The van der Waals surface area contributed by atoms with Gasteiger partial charge >= 0.3 is 5.97 Å². The minimum atomic E-state index is -0.798. The maximum atomic E-state index is 11.8. The lowest BCUT2D eigenvalue weighted by Gasteiger charge is -2.28. The molecule has 0 aromatic carbocycles. The molecule has 1 saturated carbocycles. The first-order valence-electron chi connectivity index (χ1n) is 7.39. The first kappa shape index (κ1) is 17.0. The first-order chi connectivity index (χ1) is 9.25. The second kappa shape index (κ2) is 7.07. The molecule has 0 heterocycles. The maximum absolute atomic E-state index is 11.8. The van der Waals surface area contributed by atoms with Crippen LogP contribution in [0.25, 0.3) is 0 Å². The van der Waals surface area contributed by atoms with Crippen molar-refractivity contribution in [3.05, 3.63) is 0 Å². The fourth-order valence-corrected chi connectivity index (χ4v) is 2.47. The number of amides is 1. The number of carbonyl (C=O) groups is 2. The lowest BCUT2D eigenvalue weighted by Crippen LogP contribution is -2.44. The number of carboxylic acids is 1. The SMILES string of the molecule is CC(C)(C)OCC(=O)NCC1(C(=O)O)CCCCCC1. The number of hydrogen-bond donors (Lipinski definition) is 2. The third-order valence-corrected chi connectivity index (χ3v) is 3.77. The fraction of sp³-hybridized carbons (Fsp3) is 0.867. The summed E-state index contributed by atoms with van der Waals surface area (Å²) in [5.74, 6) is -1.04. The molecule has 0 radical (unpaired) electrons. The highest BCUT2D eigenvalue weighted by Gasteiger charge is 2.38. The Hall–Kier alpha value is -1.10. The summed E-state index contributed by atoms with van der Waals surface area (Å²) in [5.41, 5.74) is -1.17. The van der Waals surface area contributed by atoms with E-state index in [1.165, 1.54) is 0 Å². The summed E-state index contributed by atoms with van der Waals surface area (Å²) in [4.78, 5) is 23.3. The van der Waals surface area contributed by atoms with Crippen LogP contribution in [0.3, 0.4) is 0 Å². The van der Waals surface area contributed by atoms with E-state index in [1.54, 1.807) is 0 Å². The number of rotatable bonds is 5. The van der Waals surface area contributed by atoms with Gasteiger partial charge in [0.2, 0.25) is 5.91 Å². The molecule has 0 bridgehead atoms. The predicted molar refractivity (Wildman–Crippen MR) is 76.5 cm³/mol. The van der Waals surface area contributed by atoms with Crippen LogP contribution in [0.1, 0.15) is 59.3 Å². The monoisotopic (exact) mass is 285 g/mol. The maximum Gasteiger partial charge on any atom is 0.311 e. The minimum absolute atomic E-state index is 0.0286. The molecule has 0 aromatic rings. The molecule has 5 nitrogen and oxygen atoms in total. The quantitative estimate of drug-likeness (QED) is 0.760. The van der Waals surface area contributed by atoms with Crippen LogP contribution in [-0.2, 0) is 14.3 Å². The molecule has 0 atom stereocenters. The van der Waals surface area contributed by atoms with Crippen LogP contribution in [0.5, 0.6) is 0 Å². The van der Waals surface area contributed by atoms with Crippen molar-refractivity contribution in [2.24, 2.45) is 5.41 Å². The zero-order chi connectivity index (χ0) is 15.2. The largest absolute Gasteiger partial charge is 0.481 e. The molecule has 116 valence electrons. The molecule has 0 aromatic heterocycles. The molecular formula is C15H27NO4. The fourth-order valence-electron chi connectivity index (χ4n) is 2.47. The third kappa shape index (κ3) is 5.49. The number of nitrogens with one attached hydrogen (secondary N) is 1. The van der Waals surface area contributed by atoms with Gasteiger partial charge in [0.25, 0.3) is 0 Å². The van der Waals surface area contributed by atoms with E-state index in [9.17, 15) is 14.7 Å². The standard InChI is InChI=1S/C15H27NO4/c1-14(2,3)20-10-12(17)16-11-15(13(18)19)8-6-4-5-7-9-15/h4-11H2,1-3H3,(H,16,17)(H,18,19). The summed E-state index contributed by atoms with van der Waals surface area (Å²) in [6.07, 6.45) is 5.28. The van der Waals surface area contributed by atoms with Crippen LogP contribution in [0.4, 0.5) is 0 Å². The van der Waals surface area contributed by atoms with Crippen LogP contribution in [0, 0.1) is 5.41 Å². The molecule has 5 heteroatoms. The molecule has 1 amide bonds. The van der Waals surface area contributed by atoms with Gasteiger partial charge in [-0.3, -0.25) is 9.59 Å². The molecule has 20 heavy (non-hydrogen) atoms. The molecule has 0 saturated heterocycles. The number of carbonyl (C=O) groups excluding carboxylic acids is 1. The van der Waals surface area contributed by atoms with Crippen molar-refractivity contribution in [1.82, 2.24) is 5.32 Å². The molecule has 0 spiro atoms. The van der Waals surface area contributed by atoms with Crippen molar-refractivity contribution >= 4 is 11.9 Å². The number of aliphatic carboxylic acids is 1. The average molecular weight is 285 g/mol. The first-order valence-corrected chi connectivity index (χ1v) is 7.39. The van der Waals surface area contributed by atoms with Crippen LogP contribution < -0.4 is 5.32 Å². The Morgan fingerprint density at radius 2 is 1.70 bits per heavy atom. The highest BCUT2D eigenvalue weighted by atomic mass is 16.5. The average Bonchev–Trinajstić information content (AvgIpc) is 2.59. The van der Waals surface area contributed by atoms with Gasteiger partial charge in [0.1, 0.15) is 6.61 Å². The number of ether oxygens (including phenoxy) is 1. The third-order valence-electron chi connectivity index (χ3n) is 3.77. The molecular weight excluding hydrogens is 258 g/mol. The zero-order valence-corrected chi connectivity index (χ0v) is 12.8. The van der Waals surface area contributed by atoms with Crippen LogP contribution in [0.15, 0.2) is 0 Å². The van der Waals surface area contributed by atoms with Crippen LogP contribution in [0.2, 0.25) is 0 Å². The smallest absolute Gasteiger partial charge is 0.311 e. The predicted octanol–water partition coefficient (Wildman–Crippen LogP) is 2.34. The van der Waals surface area contributed by atoms with E-state index in [-0.39, 0.29) is 24.7 Å². The van der Waals surface area contributed by atoms with E-state index < -0.39 is 11.4 Å². The topological polar surface area (TPSA) is 75.6 Å². The molecule has 0 aliphatic heterocycles. The zero-order valence-electron chi connectivity index (χ0n) is 12.8. The summed E-state index contributed by atoms with van der Waals surface area (Å²) >= 11 is 0. The van der Waals surface area contributed by atoms with Gasteiger partial charge in [-0.25, -0.2) is 0 Å². The van der Waals surface area contributed by atoms with Gasteiger partial charge in [0.15, 0.2) is 0 Å². The van der Waals surface area contributed by atoms with Gasteiger partial charge in [-0.1, -0.05) is 25.7 Å². The van der Waals surface area contributed by atoms with E-state index in [0.717, 1.165) is 25.7 Å². The van der Waals surface area contributed by atoms with Crippen molar-refractivity contribution in [3.63, 3.8) is 0 Å². The Labute approximate surface area is 121 Å². The van der Waals surface area contributed by atoms with E-state index in [1.807, 2.05) is 20.8 Å². The Morgan fingerprint density at radius 3 is 2.15 bits per heavy atom. The van der Waals surface area contributed by atoms with E-state index in [4.69, 9.17) is 4.74 Å². The highest BCUT2D eigenvalue weighted by Crippen LogP contribution is 2.34. The summed E-state index contributed by atoms with van der Waals surface area (Å²) in [7, 11) is 0. The summed E-state index contributed by atoms with van der Waals surface area (Å²) in [6.45, 7) is 5.81. The Bertz CT molecular complexity index is 338. The molecule has 0 unspecified atom stereocenters. The summed E-state index contributed by atoms with van der Waals surface area (Å²) in [5, 5.41) is 12.2. The highest BCUT2D eigenvalue weighted by molar-refractivity contribution is 5.79. The molecule has 2 N–H and O–H groups in total. The van der Waals surface area contributed by atoms with Crippen molar-refractivity contribution in [1.29, 1.82) is 0 Å². The van der Waals surface area contributed by atoms with Gasteiger partial charge < -0.3 is 15.2 Å². The lowest BCUT2D eigenvalue weighted by atomic mass is 9.80. The molecule has 1 aliphatic carbocycles. The normalized spacial score (nSPS) is 19.1. The van der Waals surface area contributed by atoms with Crippen molar-refractivity contribution < 1.29 is 19.4 Å². The Balaban J connectivity index is 2.50. The molecule has 1 aliphatic rings. The van der Waals surface area contributed by atoms with E-state index in [0.29, 0.717) is 12.8 Å². The van der Waals surface area contributed by atoms with Gasteiger partial charge in [0, 0.05) is 6.54 Å². The van der Waals surface area contributed by atoms with Gasteiger partial charge in [-0.15, -0.1) is 0 Å².